The molecule has 1 atom stereocenters. The van der Waals surface area contributed by atoms with Crippen molar-refractivity contribution in [1.82, 2.24) is 0 Å². The van der Waals surface area contributed by atoms with Gasteiger partial charge in [-0.25, -0.2) is 0 Å². The molecule has 114 valence electrons. The second-order valence-electron chi connectivity index (χ2n) is 4.87. The molecule has 4 nitrogen and oxygen atoms in total. The summed E-state index contributed by atoms with van der Waals surface area (Å²) in [6.07, 6.45) is 2.50. The van der Waals surface area contributed by atoms with Crippen molar-refractivity contribution in [3.8, 4) is 0 Å². The lowest BCUT2D eigenvalue weighted by Gasteiger charge is -2.19. The molecule has 1 heterocycles. The first-order chi connectivity index (χ1) is 8.70. The molecule has 6 heteroatoms. The Labute approximate surface area is 132 Å². The molecule has 1 fully saturated rings. The first kappa shape index (κ1) is 19.0. The zero-order valence-electron chi connectivity index (χ0n) is 11.7. The lowest BCUT2D eigenvalue weighted by atomic mass is 10.1. The van der Waals surface area contributed by atoms with Crippen molar-refractivity contribution in [2.45, 2.75) is 19.8 Å². The van der Waals surface area contributed by atoms with Gasteiger partial charge in [0.25, 0.3) is 0 Å². The Morgan fingerprint density at radius 1 is 1.35 bits per heavy atom. The minimum absolute atomic E-state index is 0. The number of nitrogens with zero attached hydrogens (tertiary/aromatic N) is 1. The van der Waals surface area contributed by atoms with Gasteiger partial charge in [0, 0.05) is 36.9 Å². The van der Waals surface area contributed by atoms with Crippen LogP contribution in [0.1, 0.15) is 19.8 Å². The number of amides is 1. The van der Waals surface area contributed by atoms with E-state index in [0.29, 0.717) is 6.54 Å². The molecule has 1 saturated heterocycles. The Hall–Kier alpha value is -0.970. The zero-order chi connectivity index (χ0) is 13.0. The topological polar surface area (TPSA) is 58.4 Å². The lowest BCUT2D eigenvalue weighted by molar-refractivity contribution is -0.119. The van der Waals surface area contributed by atoms with Gasteiger partial charge in [0.1, 0.15) is 0 Å². The third kappa shape index (κ3) is 4.85. The highest BCUT2D eigenvalue weighted by Gasteiger charge is 2.14. The molecule has 1 aromatic carbocycles. The molecule has 1 aliphatic heterocycles. The number of rotatable bonds is 4. The van der Waals surface area contributed by atoms with E-state index in [0.717, 1.165) is 18.8 Å². The summed E-state index contributed by atoms with van der Waals surface area (Å²) in [6.45, 7) is 4.42. The van der Waals surface area contributed by atoms with Crippen molar-refractivity contribution in [2.24, 2.45) is 11.7 Å². The molecule has 0 aliphatic carbocycles. The fraction of sp³-hybridized carbons (Fsp3) is 0.500. The van der Waals surface area contributed by atoms with E-state index in [1.807, 2.05) is 25.1 Å². The highest BCUT2D eigenvalue weighted by atomic mass is 35.5. The minimum atomic E-state index is -0.152. The third-order valence-electron chi connectivity index (χ3n) is 3.39. The van der Waals surface area contributed by atoms with Crippen LogP contribution in [-0.4, -0.2) is 25.5 Å². The molecule has 20 heavy (non-hydrogen) atoms. The molecule has 0 aromatic heterocycles. The van der Waals surface area contributed by atoms with Crippen molar-refractivity contribution in [3.63, 3.8) is 0 Å². The number of carbonyl (C=O) groups is 1. The molecule has 0 spiro atoms. The maximum atomic E-state index is 11.8. The van der Waals surface area contributed by atoms with Crippen LogP contribution in [0.15, 0.2) is 24.3 Å². The van der Waals surface area contributed by atoms with Crippen LogP contribution < -0.4 is 16.0 Å². The van der Waals surface area contributed by atoms with E-state index in [2.05, 4.69) is 16.3 Å². The average molecular weight is 320 g/mol. The zero-order valence-corrected chi connectivity index (χ0v) is 13.3. The Kier molecular flexibility index (Phi) is 8.62. The largest absolute Gasteiger partial charge is 0.371 e. The molecule has 1 amide bonds. The first-order valence-corrected chi connectivity index (χ1v) is 6.56. The van der Waals surface area contributed by atoms with Crippen LogP contribution in [0.25, 0.3) is 0 Å². The molecule has 2 rings (SSSR count). The molecule has 0 bridgehead atoms. The highest BCUT2D eigenvalue weighted by molar-refractivity contribution is 5.92. The minimum Gasteiger partial charge on any atom is -0.371 e. The Morgan fingerprint density at radius 3 is 2.60 bits per heavy atom. The quantitative estimate of drug-likeness (QED) is 0.897. The van der Waals surface area contributed by atoms with Gasteiger partial charge in [-0.05, 0) is 31.0 Å². The van der Waals surface area contributed by atoms with Crippen LogP contribution >= 0.6 is 24.8 Å². The van der Waals surface area contributed by atoms with Crippen molar-refractivity contribution in [2.75, 3.05) is 29.9 Å². The number of hydrogen-bond donors (Lipinski definition) is 2. The predicted octanol–water partition coefficient (Wildman–Crippen LogP) is 2.66. The molecule has 1 aliphatic rings. The maximum absolute atomic E-state index is 11.8. The van der Waals surface area contributed by atoms with Crippen LogP contribution in [0.2, 0.25) is 0 Å². The molecule has 1 aromatic rings. The second-order valence-corrected chi connectivity index (χ2v) is 4.87. The van der Waals surface area contributed by atoms with E-state index in [1.165, 1.54) is 18.5 Å². The molecule has 0 radical (unpaired) electrons. The van der Waals surface area contributed by atoms with Crippen LogP contribution in [0, 0.1) is 5.92 Å². The van der Waals surface area contributed by atoms with Gasteiger partial charge >= 0.3 is 0 Å². The smallest absolute Gasteiger partial charge is 0.228 e. The molecule has 0 saturated carbocycles. The average Bonchev–Trinajstić information content (AvgIpc) is 2.92. The van der Waals surface area contributed by atoms with E-state index in [-0.39, 0.29) is 36.6 Å². The van der Waals surface area contributed by atoms with Gasteiger partial charge in [-0.15, -0.1) is 24.8 Å². The van der Waals surface area contributed by atoms with E-state index < -0.39 is 0 Å². The van der Waals surface area contributed by atoms with Gasteiger partial charge in [-0.3, -0.25) is 4.79 Å². The Balaban J connectivity index is 0.00000180. The van der Waals surface area contributed by atoms with Crippen LogP contribution in [0.5, 0.6) is 0 Å². The van der Waals surface area contributed by atoms with E-state index in [4.69, 9.17) is 5.73 Å². The molecular weight excluding hydrogens is 297 g/mol. The van der Waals surface area contributed by atoms with Crippen LogP contribution in [0.3, 0.4) is 0 Å². The van der Waals surface area contributed by atoms with Crippen molar-refractivity contribution in [3.05, 3.63) is 24.3 Å². The summed E-state index contributed by atoms with van der Waals surface area (Å²) in [7, 11) is 0. The van der Waals surface area contributed by atoms with E-state index in [9.17, 15) is 4.79 Å². The second kappa shape index (κ2) is 9.06. The number of anilines is 2. The SMILES string of the molecule is CC(CN)C(=O)Nc1cccc(N2CCCC2)c1.Cl.Cl. The summed E-state index contributed by atoms with van der Waals surface area (Å²) in [4.78, 5) is 14.1. The van der Waals surface area contributed by atoms with E-state index in [1.54, 1.807) is 0 Å². The summed E-state index contributed by atoms with van der Waals surface area (Å²) in [6, 6.07) is 8.02. The summed E-state index contributed by atoms with van der Waals surface area (Å²) in [5, 5.41) is 2.91. The third-order valence-corrected chi connectivity index (χ3v) is 3.39. The summed E-state index contributed by atoms with van der Waals surface area (Å²) >= 11 is 0. The van der Waals surface area contributed by atoms with Gasteiger partial charge < -0.3 is 16.0 Å². The van der Waals surface area contributed by atoms with Gasteiger partial charge in [0.2, 0.25) is 5.91 Å². The predicted molar refractivity (Wildman–Crippen MR) is 89.2 cm³/mol. The number of nitrogens with two attached hydrogens (primary N) is 1. The number of halogens is 2. The standard InChI is InChI=1S/C14H21N3O.2ClH/c1-11(10-15)14(18)16-12-5-4-6-13(9-12)17-7-2-3-8-17;;/h4-6,9,11H,2-3,7-8,10,15H2,1H3,(H,16,18);2*1H. The number of hydrogen-bond acceptors (Lipinski definition) is 3. The Bertz CT molecular complexity index is 423. The van der Waals surface area contributed by atoms with Crippen LogP contribution in [0.4, 0.5) is 11.4 Å². The molecule has 3 N–H and O–H groups in total. The maximum Gasteiger partial charge on any atom is 0.228 e. The first-order valence-electron chi connectivity index (χ1n) is 6.56. The fourth-order valence-corrected chi connectivity index (χ4v) is 2.13. The summed E-state index contributed by atoms with van der Waals surface area (Å²) in [5.74, 6) is -0.170. The summed E-state index contributed by atoms with van der Waals surface area (Å²) < 4.78 is 0. The van der Waals surface area contributed by atoms with Crippen molar-refractivity contribution < 1.29 is 4.79 Å². The van der Waals surface area contributed by atoms with Gasteiger partial charge in [0.05, 0.1) is 0 Å². The highest BCUT2D eigenvalue weighted by Crippen LogP contribution is 2.23. The molecular formula is C14H23Cl2N3O. The Morgan fingerprint density at radius 2 is 2.00 bits per heavy atom. The summed E-state index contributed by atoms with van der Waals surface area (Å²) in [5.41, 5.74) is 7.52. The normalized spacial score (nSPS) is 15.0. The number of carbonyl (C=O) groups excluding carboxylic acids is 1. The fourth-order valence-electron chi connectivity index (χ4n) is 2.13. The number of nitrogens with one attached hydrogen (secondary N) is 1. The van der Waals surface area contributed by atoms with Crippen molar-refractivity contribution in [1.29, 1.82) is 0 Å². The van der Waals surface area contributed by atoms with Gasteiger partial charge in [0.15, 0.2) is 0 Å². The van der Waals surface area contributed by atoms with Crippen molar-refractivity contribution >= 4 is 42.1 Å². The van der Waals surface area contributed by atoms with Gasteiger partial charge in [-0.1, -0.05) is 13.0 Å². The van der Waals surface area contributed by atoms with E-state index >= 15 is 0 Å². The number of benzene rings is 1. The van der Waals surface area contributed by atoms with Gasteiger partial charge in [-0.2, -0.15) is 0 Å². The molecule has 1 unspecified atom stereocenters. The lowest BCUT2D eigenvalue weighted by Crippen LogP contribution is -2.26. The monoisotopic (exact) mass is 319 g/mol. The van der Waals surface area contributed by atoms with Crippen LogP contribution in [-0.2, 0) is 4.79 Å².